The van der Waals surface area contributed by atoms with E-state index in [-0.39, 0.29) is 0 Å². The molecule has 0 bridgehead atoms. The molecule has 1 aliphatic heterocycles. The summed E-state index contributed by atoms with van der Waals surface area (Å²) < 4.78 is 26.6. The molecular formula is C14H16N2O2S. The second-order valence-corrected chi connectivity index (χ2v) is 6.64. The van der Waals surface area contributed by atoms with Crippen molar-refractivity contribution in [3.05, 3.63) is 53.3 Å². The standard InChI is InChI=1S/C14H16N2O2S/c1-11-2-4-13(5-3-11)19(17,18)16-9-7-12-6-8-15-10-14(12)16/h2-5,7,9,15H,6,8,10H2,1H3. The van der Waals surface area contributed by atoms with Crippen molar-refractivity contribution >= 4 is 10.0 Å². The summed E-state index contributed by atoms with van der Waals surface area (Å²) in [6.45, 7) is 3.45. The molecule has 2 aromatic rings. The quantitative estimate of drug-likeness (QED) is 0.908. The number of benzene rings is 1. The number of rotatable bonds is 2. The highest BCUT2D eigenvalue weighted by Crippen LogP contribution is 2.22. The lowest BCUT2D eigenvalue weighted by Gasteiger charge is -2.17. The van der Waals surface area contributed by atoms with Crippen LogP contribution in [0.5, 0.6) is 0 Å². The van der Waals surface area contributed by atoms with Crippen molar-refractivity contribution in [2.45, 2.75) is 24.8 Å². The molecule has 100 valence electrons. The highest BCUT2D eigenvalue weighted by atomic mass is 32.2. The summed E-state index contributed by atoms with van der Waals surface area (Å²) in [6.07, 6.45) is 2.54. The topological polar surface area (TPSA) is 51.1 Å². The Labute approximate surface area is 113 Å². The lowest BCUT2D eigenvalue weighted by Crippen LogP contribution is -2.27. The van der Waals surface area contributed by atoms with Gasteiger partial charge in [-0.3, -0.25) is 0 Å². The minimum absolute atomic E-state index is 0.335. The van der Waals surface area contributed by atoms with Gasteiger partial charge in [-0.2, -0.15) is 0 Å². The van der Waals surface area contributed by atoms with E-state index in [4.69, 9.17) is 0 Å². The highest BCUT2D eigenvalue weighted by Gasteiger charge is 2.23. The van der Waals surface area contributed by atoms with E-state index in [2.05, 4.69) is 5.32 Å². The zero-order chi connectivity index (χ0) is 13.5. The van der Waals surface area contributed by atoms with Crippen molar-refractivity contribution in [3.8, 4) is 0 Å². The molecule has 0 fully saturated rings. The maximum absolute atomic E-state index is 12.6. The molecule has 19 heavy (non-hydrogen) atoms. The molecule has 0 saturated carbocycles. The van der Waals surface area contributed by atoms with Crippen LogP contribution in [0.15, 0.2) is 41.4 Å². The third kappa shape index (κ3) is 2.09. The van der Waals surface area contributed by atoms with Crippen LogP contribution in [0.3, 0.4) is 0 Å². The fourth-order valence-electron chi connectivity index (χ4n) is 2.38. The van der Waals surface area contributed by atoms with Gasteiger partial charge < -0.3 is 5.32 Å². The average Bonchev–Trinajstić information content (AvgIpc) is 2.83. The number of fused-ring (bicyclic) bond motifs is 1. The van der Waals surface area contributed by atoms with E-state index < -0.39 is 10.0 Å². The normalized spacial score (nSPS) is 15.2. The first-order valence-electron chi connectivity index (χ1n) is 6.31. The molecule has 0 radical (unpaired) electrons. The van der Waals surface area contributed by atoms with Crippen LogP contribution in [0.1, 0.15) is 16.8 Å². The summed E-state index contributed by atoms with van der Waals surface area (Å²) in [6, 6.07) is 8.87. The van der Waals surface area contributed by atoms with E-state index >= 15 is 0 Å². The Hall–Kier alpha value is -1.59. The highest BCUT2D eigenvalue weighted by molar-refractivity contribution is 7.90. The van der Waals surface area contributed by atoms with Gasteiger partial charge in [0.25, 0.3) is 10.0 Å². The van der Waals surface area contributed by atoms with Crippen LogP contribution in [-0.2, 0) is 23.0 Å². The van der Waals surface area contributed by atoms with Gasteiger partial charge in [0.05, 0.1) is 10.6 Å². The van der Waals surface area contributed by atoms with Crippen molar-refractivity contribution in [1.29, 1.82) is 0 Å². The zero-order valence-electron chi connectivity index (χ0n) is 10.8. The molecule has 3 rings (SSSR count). The third-order valence-electron chi connectivity index (χ3n) is 3.49. The van der Waals surface area contributed by atoms with E-state index in [0.717, 1.165) is 29.8 Å². The first-order chi connectivity index (χ1) is 9.09. The predicted octanol–water partition coefficient (Wildman–Crippen LogP) is 1.68. The number of hydrogen-bond acceptors (Lipinski definition) is 3. The van der Waals surface area contributed by atoms with Crippen LogP contribution in [0.2, 0.25) is 0 Å². The van der Waals surface area contributed by atoms with Crippen molar-refractivity contribution in [1.82, 2.24) is 9.29 Å². The minimum atomic E-state index is -3.48. The molecule has 0 aliphatic carbocycles. The second-order valence-electron chi connectivity index (χ2n) is 4.83. The minimum Gasteiger partial charge on any atom is -0.311 e. The van der Waals surface area contributed by atoms with E-state index in [1.165, 1.54) is 3.97 Å². The first-order valence-corrected chi connectivity index (χ1v) is 7.75. The van der Waals surface area contributed by atoms with Gasteiger partial charge in [0.1, 0.15) is 0 Å². The Morgan fingerprint density at radius 1 is 1.16 bits per heavy atom. The lowest BCUT2D eigenvalue weighted by atomic mass is 10.1. The maximum atomic E-state index is 12.6. The molecule has 0 amide bonds. The Morgan fingerprint density at radius 3 is 2.63 bits per heavy atom. The molecular weight excluding hydrogens is 260 g/mol. The summed E-state index contributed by atoms with van der Waals surface area (Å²) in [5.41, 5.74) is 3.02. The third-order valence-corrected chi connectivity index (χ3v) is 5.22. The van der Waals surface area contributed by atoms with Gasteiger partial charge in [0, 0.05) is 12.7 Å². The average molecular weight is 276 g/mol. The van der Waals surface area contributed by atoms with Crippen LogP contribution >= 0.6 is 0 Å². The fourth-order valence-corrected chi connectivity index (χ4v) is 3.78. The van der Waals surface area contributed by atoms with Gasteiger partial charge in [-0.05, 0) is 43.7 Å². The summed E-state index contributed by atoms with van der Waals surface area (Å²) in [5.74, 6) is 0. The van der Waals surface area contributed by atoms with Crippen LogP contribution in [-0.4, -0.2) is 18.9 Å². The fraction of sp³-hybridized carbons (Fsp3) is 0.286. The Balaban J connectivity index is 2.10. The van der Waals surface area contributed by atoms with Crippen LogP contribution in [0.25, 0.3) is 0 Å². The monoisotopic (exact) mass is 276 g/mol. The SMILES string of the molecule is Cc1ccc(S(=O)(=O)n2ccc3c2CNCC3)cc1. The number of hydrogen-bond donors (Lipinski definition) is 1. The van der Waals surface area contributed by atoms with Crippen molar-refractivity contribution < 1.29 is 8.42 Å². The molecule has 0 spiro atoms. The van der Waals surface area contributed by atoms with Gasteiger partial charge >= 0.3 is 0 Å². The number of nitrogens with one attached hydrogen (secondary N) is 1. The molecule has 0 atom stereocenters. The largest absolute Gasteiger partial charge is 0.311 e. The Bertz CT molecular complexity index is 700. The van der Waals surface area contributed by atoms with Crippen LogP contribution < -0.4 is 5.32 Å². The van der Waals surface area contributed by atoms with Crippen molar-refractivity contribution in [3.63, 3.8) is 0 Å². The molecule has 1 aromatic carbocycles. The maximum Gasteiger partial charge on any atom is 0.267 e. The Morgan fingerprint density at radius 2 is 1.89 bits per heavy atom. The molecule has 1 aromatic heterocycles. The number of aryl methyl sites for hydroxylation is 1. The summed E-state index contributed by atoms with van der Waals surface area (Å²) in [7, 11) is -3.48. The smallest absolute Gasteiger partial charge is 0.267 e. The lowest BCUT2D eigenvalue weighted by molar-refractivity contribution is 0.576. The van der Waals surface area contributed by atoms with Crippen LogP contribution in [0.4, 0.5) is 0 Å². The molecule has 0 unspecified atom stereocenters. The summed E-state index contributed by atoms with van der Waals surface area (Å²) >= 11 is 0. The van der Waals surface area contributed by atoms with E-state index in [1.807, 2.05) is 25.1 Å². The second kappa shape index (κ2) is 4.51. The number of aromatic nitrogens is 1. The molecule has 1 N–H and O–H groups in total. The molecule has 4 nitrogen and oxygen atoms in total. The van der Waals surface area contributed by atoms with Gasteiger partial charge in [-0.15, -0.1) is 0 Å². The predicted molar refractivity (Wildman–Crippen MR) is 73.6 cm³/mol. The molecule has 5 heteroatoms. The molecule has 0 saturated heterocycles. The Kier molecular flexibility index (Phi) is 2.95. The van der Waals surface area contributed by atoms with Gasteiger partial charge in [0.15, 0.2) is 0 Å². The molecule has 1 aliphatic rings. The molecule has 2 heterocycles. The van der Waals surface area contributed by atoms with E-state index in [0.29, 0.717) is 11.4 Å². The first kappa shape index (κ1) is 12.4. The summed E-state index contributed by atoms with van der Waals surface area (Å²) in [5, 5.41) is 3.21. The van der Waals surface area contributed by atoms with Gasteiger partial charge in [-0.25, -0.2) is 12.4 Å². The van der Waals surface area contributed by atoms with Crippen molar-refractivity contribution in [2.24, 2.45) is 0 Å². The van der Waals surface area contributed by atoms with E-state index in [1.54, 1.807) is 18.3 Å². The van der Waals surface area contributed by atoms with Crippen molar-refractivity contribution in [2.75, 3.05) is 6.54 Å². The van der Waals surface area contributed by atoms with Gasteiger partial charge in [0.2, 0.25) is 0 Å². The zero-order valence-corrected chi connectivity index (χ0v) is 11.6. The number of nitrogens with zero attached hydrogens (tertiary/aromatic N) is 1. The summed E-state index contributed by atoms with van der Waals surface area (Å²) in [4.78, 5) is 0.335. The van der Waals surface area contributed by atoms with E-state index in [9.17, 15) is 8.42 Å². The van der Waals surface area contributed by atoms with Gasteiger partial charge in [-0.1, -0.05) is 17.7 Å². The van der Waals surface area contributed by atoms with Crippen LogP contribution in [0, 0.1) is 6.92 Å².